The molecule has 0 saturated heterocycles. The number of H-pyrrole nitrogens is 1. The van der Waals surface area contributed by atoms with Gasteiger partial charge in [-0.15, -0.1) is 24.8 Å². The zero-order chi connectivity index (χ0) is 8.23. The highest BCUT2D eigenvalue weighted by atomic mass is 35.5. The Morgan fingerprint density at radius 2 is 2.07 bits per heavy atom. The molecule has 2 heterocycles. The predicted octanol–water partition coefficient (Wildman–Crippen LogP) is 2.39. The Bertz CT molecular complexity index is 336. The van der Waals surface area contributed by atoms with Crippen LogP contribution in [-0.4, -0.2) is 15.2 Å². The summed E-state index contributed by atoms with van der Waals surface area (Å²) in [4.78, 5) is 4.10. The third-order valence-electron chi connectivity index (χ3n) is 1.44. The van der Waals surface area contributed by atoms with E-state index in [2.05, 4.69) is 20.5 Å². The topological polar surface area (TPSA) is 53.6 Å². The average Bonchev–Trinajstić information content (AvgIpc) is 2.59. The van der Waals surface area contributed by atoms with Crippen LogP contribution in [0.1, 0.15) is 0 Å². The molecule has 2 rings (SSSR count). The maximum absolute atomic E-state index is 4.10. The minimum atomic E-state index is 0. The number of nitrogens with zero attached hydrogens (tertiary/aromatic N) is 2. The molecule has 0 aliphatic rings. The lowest BCUT2D eigenvalue weighted by molar-refractivity contribution is 1.09. The van der Waals surface area contributed by atoms with Gasteiger partial charge in [-0.2, -0.15) is 5.10 Å². The molecule has 14 heavy (non-hydrogen) atoms. The molecule has 76 valence electrons. The monoisotopic (exact) mass is 232 g/mol. The van der Waals surface area contributed by atoms with Crippen LogP contribution in [0.2, 0.25) is 0 Å². The van der Waals surface area contributed by atoms with Crippen molar-refractivity contribution in [2.75, 3.05) is 5.32 Å². The number of nitrogens with one attached hydrogen (secondary N) is 2. The molecule has 4 nitrogen and oxygen atoms in total. The van der Waals surface area contributed by atoms with Crippen LogP contribution in [-0.2, 0) is 0 Å². The Kier molecular flexibility index (Phi) is 5.67. The fraction of sp³-hybridized carbons (Fsp3) is 0. The number of anilines is 2. The molecule has 0 spiro atoms. The number of halogens is 2. The molecule has 0 amide bonds. The number of rotatable bonds is 2. The van der Waals surface area contributed by atoms with Gasteiger partial charge < -0.3 is 5.32 Å². The second kappa shape index (κ2) is 6.23. The van der Waals surface area contributed by atoms with E-state index in [4.69, 9.17) is 0 Å². The summed E-state index contributed by atoms with van der Waals surface area (Å²) in [5.74, 6) is 0.818. The first-order chi connectivity index (χ1) is 5.95. The summed E-state index contributed by atoms with van der Waals surface area (Å²) < 4.78 is 0. The molecule has 0 fully saturated rings. The minimum absolute atomic E-state index is 0. The molecule has 0 saturated carbocycles. The molecule has 0 atom stereocenters. The van der Waals surface area contributed by atoms with Gasteiger partial charge in [0.25, 0.3) is 0 Å². The maximum atomic E-state index is 4.10. The fourth-order valence-electron chi connectivity index (χ4n) is 0.904. The lowest BCUT2D eigenvalue weighted by Gasteiger charge is -1.99. The summed E-state index contributed by atoms with van der Waals surface area (Å²) in [5.41, 5.74) is 0.911. The van der Waals surface area contributed by atoms with E-state index in [1.165, 1.54) is 0 Å². The molecule has 0 aromatic carbocycles. The van der Waals surface area contributed by atoms with Crippen LogP contribution in [0, 0.1) is 0 Å². The van der Waals surface area contributed by atoms with E-state index in [-0.39, 0.29) is 24.8 Å². The summed E-state index contributed by atoms with van der Waals surface area (Å²) in [5, 5.41) is 9.59. The van der Waals surface area contributed by atoms with E-state index >= 15 is 0 Å². The molecule has 0 aliphatic carbocycles. The van der Waals surface area contributed by atoms with E-state index in [0.717, 1.165) is 11.5 Å². The third kappa shape index (κ3) is 3.24. The van der Waals surface area contributed by atoms with E-state index < -0.39 is 0 Å². The second-order valence-corrected chi connectivity index (χ2v) is 2.33. The Hall–Kier alpha value is -1.26. The summed E-state index contributed by atoms with van der Waals surface area (Å²) in [7, 11) is 0. The largest absolute Gasteiger partial charge is 0.338 e. The van der Waals surface area contributed by atoms with Crippen molar-refractivity contribution in [2.45, 2.75) is 0 Å². The molecule has 2 aromatic rings. The average molecular weight is 233 g/mol. The summed E-state index contributed by atoms with van der Waals surface area (Å²) >= 11 is 0. The summed E-state index contributed by atoms with van der Waals surface area (Å²) in [6.07, 6.45) is 5.21. The molecule has 6 heteroatoms. The molecule has 2 aromatic heterocycles. The smallest absolute Gasteiger partial charge is 0.130 e. The van der Waals surface area contributed by atoms with Gasteiger partial charge in [0, 0.05) is 12.4 Å². The summed E-state index contributed by atoms with van der Waals surface area (Å²) in [6, 6.07) is 5.70. The number of aromatic nitrogens is 3. The first kappa shape index (κ1) is 12.7. The van der Waals surface area contributed by atoms with Gasteiger partial charge in [0.05, 0.1) is 11.9 Å². The van der Waals surface area contributed by atoms with Crippen LogP contribution in [0.5, 0.6) is 0 Å². The first-order valence-corrected chi connectivity index (χ1v) is 3.62. The van der Waals surface area contributed by atoms with E-state index in [0.29, 0.717) is 0 Å². The third-order valence-corrected chi connectivity index (χ3v) is 1.44. The number of hydrogen-bond donors (Lipinski definition) is 2. The fourth-order valence-corrected chi connectivity index (χ4v) is 0.904. The number of hydrogen-bond acceptors (Lipinski definition) is 3. The van der Waals surface area contributed by atoms with E-state index in [1.54, 1.807) is 18.6 Å². The first-order valence-electron chi connectivity index (χ1n) is 3.62. The van der Waals surface area contributed by atoms with Gasteiger partial charge in [0.2, 0.25) is 0 Å². The zero-order valence-electron chi connectivity index (χ0n) is 7.18. The number of aromatic amines is 1. The van der Waals surface area contributed by atoms with Gasteiger partial charge in [0.1, 0.15) is 5.82 Å². The van der Waals surface area contributed by atoms with Gasteiger partial charge in [0.15, 0.2) is 0 Å². The van der Waals surface area contributed by atoms with Crippen molar-refractivity contribution >= 4 is 36.3 Å². The maximum Gasteiger partial charge on any atom is 0.130 e. The van der Waals surface area contributed by atoms with Crippen LogP contribution in [0.4, 0.5) is 11.5 Å². The molecule has 0 bridgehead atoms. The van der Waals surface area contributed by atoms with Crippen LogP contribution < -0.4 is 5.32 Å². The molecular weight excluding hydrogens is 223 g/mol. The van der Waals surface area contributed by atoms with Gasteiger partial charge in [-0.05, 0) is 12.1 Å². The molecule has 0 unspecified atom stereocenters. The molecule has 0 aliphatic heterocycles. The van der Waals surface area contributed by atoms with Crippen molar-refractivity contribution < 1.29 is 0 Å². The SMILES string of the molecule is Cl.Cl.c1ccc(Nc2cn[nH]c2)nc1. The molecular formula is C8H10Cl2N4. The van der Waals surface area contributed by atoms with Gasteiger partial charge >= 0.3 is 0 Å². The Balaban J connectivity index is 0.000000845. The van der Waals surface area contributed by atoms with Gasteiger partial charge in [-0.3, -0.25) is 5.10 Å². The zero-order valence-corrected chi connectivity index (χ0v) is 8.81. The van der Waals surface area contributed by atoms with Gasteiger partial charge in [-0.25, -0.2) is 4.98 Å². The van der Waals surface area contributed by atoms with Crippen LogP contribution in [0.25, 0.3) is 0 Å². The van der Waals surface area contributed by atoms with E-state index in [9.17, 15) is 0 Å². The Morgan fingerprint density at radius 1 is 1.21 bits per heavy atom. The highest BCUT2D eigenvalue weighted by Crippen LogP contribution is 2.09. The van der Waals surface area contributed by atoms with Crippen molar-refractivity contribution in [3.8, 4) is 0 Å². The van der Waals surface area contributed by atoms with Crippen molar-refractivity contribution in [3.63, 3.8) is 0 Å². The lowest BCUT2D eigenvalue weighted by Crippen LogP contribution is -1.89. The van der Waals surface area contributed by atoms with Crippen molar-refractivity contribution in [1.82, 2.24) is 15.2 Å². The second-order valence-electron chi connectivity index (χ2n) is 2.33. The van der Waals surface area contributed by atoms with Crippen LogP contribution in [0.3, 0.4) is 0 Å². The highest BCUT2D eigenvalue weighted by molar-refractivity contribution is 5.85. The standard InChI is InChI=1S/C8H8N4.2ClH/c1-2-4-9-8(3-1)12-7-5-10-11-6-7;;/h1-6H,(H,9,12)(H,10,11);2*1H. The lowest BCUT2D eigenvalue weighted by atomic mass is 10.4. The summed E-state index contributed by atoms with van der Waals surface area (Å²) in [6.45, 7) is 0. The van der Waals surface area contributed by atoms with Crippen molar-refractivity contribution in [2.24, 2.45) is 0 Å². The predicted molar refractivity (Wildman–Crippen MR) is 60.6 cm³/mol. The Morgan fingerprint density at radius 3 is 2.64 bits per heavy atom. The quantitative estimate of drug-likeness (QED) is 0.837. The van der Waals surface area contributed by atoms with Crippen LogP contribution in [0.15, 0.2) is 36.8 Å². The van der Waals surface area contributed by atoms with Crippen molar-refractivity contribution in [1.29, 1.82) is 0 Å². The van der Waals surface area contributed by atoms with Crippen molar-refractivity contribution in [3.05, 3.63) is 36.8 Å². The van der Waals surface area contributed by atoms with Crippen LogP contribution >= 0.6 is 24.8 Å². The normalized spacial score (nSPS) is 8.29. The van der Waals surface area contributed by atoms with E-state index in [1.807, 2.05) is 18.2 Å². The number of pyridine rings is 1. The minimum Gasteiger partial charge on any atom is -0.338 e. The molecule has 0 radical (unpaired) electrons. The Labute approximate surface area is 94.0 Å². The molecule has 2 N–H and O–H groups in total. The van der Waals surface area contributed by atoms with Gasteiger partial charge in [-0.1, -0.05) is 6.07 Å². The highest BCUT2D eigenvalue weighted by Gasteiger charge is 1.93.